The van der Waals surface area contributed by atoms with Crippen molar-refractivity contribution < 1.29 is 13.5 Å². The van der Waals surface area contributed by atoms with Crippen molar-refractivity contribution in [1.82, 2.24) is 24.6 Å². The summed E-state index contributed by atoms with van der Waals surface area (Å²) in [6.07, 6.45) is 6.03. The van der Waals surface area contributed by atoms with Crippen LogP contribution in [-0.4, -0.2) is 44.4 Å². The first-order chi connectivity index (χ1) is 12.7. The summed E-state index contributed by atoms with van der Waals surface area (Å²) in [6, 6.07) is 5.63. The molecular formula is C18H19F2N5O. The predicted octanol–water partition coefficient (Wildman–Crippen LogP) is 2.84. The van der Waals surface area contributed by atoms with Crippen molar-refractivity contribution in [1.29, 1.82) is 0 Å². The Balaban J connectivity index is 1.56. The van der Waals surface area contributed by atoms with Gasteiger partial charge in [0.05, 0.1) is 17.8 Å². The second-order valence-corrected chi connectivity index (χ2v) is 6.33. The Morgan fingerprint density at radius 3 is 2.77 bits per heavy atom. The number of rotatable bonds is 5. The van der Waals surface area contributed by atoms with Crippen molar-refractivity contribution in [3.63, 3.8) is 0 Å². The van der Waals surface area contributed by atoms with E-state index >= 15 is 0 Å². The number of para-hydroxylation sites is 1. The lowest BCUT2D eigenvalue weighted by Gasteiger charge is -2.21. The first-order valence-corrected chi connectivity index (χ1v) is 8.40. The van der Waals surface area contributed by atoms with Gasteiger partial charge in [0.15, 0.2) is 11.6 Å². The number of aromatic amines is 1. The van der Waals surface area contributed by atoms with Crippen LogP contribution in [0.25, 0.3) is 5.69 Å². The van der Waals surface area contributed by atoms with Gasteiger partial charge >= 0.3 is 0 Å². The highest BCUT2D eigenvalue weighted by Gasteiger charge is 2.35. The molecule has 0 radical (unpaired) electrons. The normalized spacial score (nSPS) is 20.7. The van der Waals surface area contributed by atoms with Crippen molar-refractivity contribution in [2.45, 2.75) is 25.1 Å². The van der Waals surface area contributed by atoms with E-state index in [9.17, 15) is 8.78 Å². The summed E-state index contributed by atoms with van der Waals surface area (Å²) in [5, 5.41) is 4.36. The van der Waals surface area contributed by atoms with Gasteiger partial charge in [-0.25, -0.2) is 18.4 Å². The molecular weight excluding hydrogens is 340 g/mol. The number of hydrogen-bond acceptors (Lipinski definition) is 4. The molecule has 136 valence electrons. The highest BCUT2D eigenvalue weighted by molar-refractivity contribution is 5.34. The minimum Gasteiger partial charge on any atom is -0.380 e. The molecule has 0 amide bonds. The van der Waals surface area contributed by atoms with Crippen LogP contribution >= 0.6 is 0 Å². The molecule has 0 aliphatic carbocycles. The van der Waals surface area contributed by atoms with Crippen LogP contribution in [0.4, 0.5) is 8.78 Å². The Morgan fingerprint density at radius 1 is 1.27 bits per heavy atom. The van der Waals surface area contributed by atoms with Gasteiger partial charge in [0.1, 0.15) is 11.5 Å². The molecule has 1 N–H and O–H groups in total. The quantitative estimate of drug-likeness (QED) is 0.761. The standard InChI is InChI=1S/C18H19F2N5O/c1-26-13-9-16(18-21-6-7-22-18)24(11-13)10-12-5-8-25(23-12)17-14(19)3-2-4-15(17)20/h2-8,13,16H,9-11H2,1H3,(H,21,22)/t13-,16?/m1/s1. The predicted molar refractivity (Wildman–Crippen MR) is 90.6 cm³/mol. The number of methoxy groups -OCH3 is 1. The summed E-state index contributed by atoms with van der Waals surface area (Å²) in [6.45, 7) is 1.27. The smallest absolute Gasteiger partial charge is 0.151 e. The van der Waals surface area contributed by atoms with E-state index in [1.165, 1.54) is 22.9 Å². The molecule has 1 aliphatic heterocycles. The van der Waals surface area contributed by atoms with E-state index in [0.29, 0.717) is 6.54 Å². The summed E-state index contributed by atoms with van der Waals surface area (Å²) in [7, 11) is 1.70. The van der Waals surface area contributed by atoms with E-state index in [-0.39, 0.29) is 17.8 Å². The average Bonchev–Trinajstić information content (AvgIpc) is 3.35. The molecule has 2 aromatic heterocycles. The van der Waals surface area contributed by atoms with Gasteiger partial charge in [0.25, 0.3) is 0 Å². The van der Waals surface area contributed by atoms with Crippen LogP contribution in [0.1, 0.15) is 24.0 Å². The summed E-state index contributed by atoms with van der Waals surface area (Å²) in [4.78, 5) is 9.72. The Kier molecular flexibility index (Phi) is 4.52. The number of hydrogen-bond donors (Lipinski definition) is 1. The molecule has 6 nitrogen and oxygen atoms in total. The van der Waals surface area contributed by atoms with E-state index in [1.807, 2.05) is 0 Å². The third-order valence-electron chi connectivity index (χ3n) is 4.71. The fourth-order valence-electron chi connectivity index (χ4n) is 3.44. The number of imidazole rings is 1. The molecule has 8 heteroatoms. The van der Waals surface area contributed by atoms with Gasteiger partial charge in [0, 0.05) is 38.8 Å². The number of benzene rings is 1. The van der Waals surface area contributed by atoms with Gasteiger partial charge in [-0.3, -0.25) is 4.90 Å². The van der Waals surface area contributed by atoms with Crippen molar-refractivity contribution in [2.24, 2.45) is 0 Å². The van der Waals surface area contributed by atoms with Crippen LogP contribution < -0.4 is 0 Å². The van der Waals surface area contributed by atoms with Crippen LogP contribution in [-0.2, 0) is 11.3 Å². The van der Waals surface area contributed by atoms with Crippen LogP contribution in [0, 0.1) is 11.6 Å². The molecule has 1 saturated heterocycles. The molecule has 3 heterocycles. The second kappa shape index (κ2) is 6.97. The number of aromatic nitrogens is 4. The van der Waals surface area contributed by atoms with Crippen LogP contribution in [0.3, 0.4) is 0 Å². The van der Waals surface area contributed by atoms with Crippen molar-refractivity contribution in [3.05, 3.63) is 66.0 Å². The molecule has 3 aromatic rings. The maximum absolute atomic E-state index is 14.0. The summed E-state index contributed by atoms with van der Waals surface area (Å²) in [5.41, 5.74) is 0.554. The Hall–Kier alpha value is -2.58. The molecule has 1 aliphatic rings. The number of likely N-dealkylation sites (tertiary alicyclic amines) is 1. The number of H-pyrrole nitrogens is 1. The van der Waals surface area contributed by atoms with Gasteiger partial charge in [-0.15, -0.1) is 0 Å². The van der Waals surface area contributed by atoms with E-state index in [0.717, 1.165) is 24.5 Å². The monoisotopic (exact) mass is 359 g/mol. The topological polar surface area (TPSA) is 59.0 Å². The maximum atomic E-state index is 14.0. The largest absolute Gasteiger partial charge is 0.380 e. The van der Waals surface area contributed by atoms with Gasteiger partial charge in [-0.05, 0) is 24.6 Å². The fraction of sp³-hybridized carbons (Fsp3) is 0.333. The van der Waals surface area contributed by atoms with E-state index in [2.05, 4.69) is 20.0 Å². The first-order valence-electron chi connectivity index (χ1n) is 8.40. The van der Waals surface area contributed by atoms with E-state index in [1.54, 1.807) is 31.8 Å². The maximum Gasteiger partial charge on any atom is 0.151 e. The Morgan fingerprint density at radius 2 is 2.08 bits per heavy atom. The Labute approximate surface area is 149 Å². The third-order valence-corrected chi connectivity index (χ3v) is 4.71. The molecule has 0 saturated carbocycles. The molecule has 1 fully saturated rings. The van der Waals surface area contributed by atoms with E-state index < -0.39 is 11.6 Å². The number of halogens is 2. The zero-order valence-corrected chi connectivity index (χ0v) is 14.3. The van der Waals surface area contributed by atoms with Gasteiger partial charge in [-0.1, -0.05) is 6.07 Å². The van der Waals surface area contributed by atoms with Gasteiger partial charge in [0.2, 0.25) is 0 Å². The molecule has 26 heavy (non-hydrogen) atoms. The molecule has 2 atom stereocenters. The second-order valence-electron chi connectivity index (χ2n) is 6.33. The minimum absolute atomic E-state index is 0.0882. The zero-order valence-electron chi connectivity index (χ0n) is 14.3. The summed E-state index contributed by atoms with van der Waals surface area (Å²) < 4.78 is 34.7. The Bertz CT molecular complexity index is 859. The molecule has 0 spiro atoms. The molecule has 0 bridgehead atoms. The SMILES string of the molecule is CO[C@@H]1CC(c2ncc[nH]2)N(Cc2ccn(-c3c(F)cccc3F)n2)C1. The van der Waals surface area contributed by atoms with Gasteiger partial charge < -0.3 is 9.72 Å². The number of ether oxygens (including phenoxy) is 1. The lowest BCUT2D eigenvalue weighted by molar-refractivity contribution is 0.107. The third kappa shape index (κ3) is 3.13. The molecule has 4 rings (SSSR count). The van der Waals surface area contributed by atoms with Crippen LogP contribution in [0.15, 0.2) is 42.9 Å². The zero-order chi connectivity index (χ0) is 18.1. The number of nitrogens with one attached hydrogen (secondary N) is 1. The highest BCUT2D eigenvalue weighted by atomic mass is 19.1. The summed E-state index contributed by atoms with van der Waals surface area (Å²) in [5.74, 6) is -0.411. The van der Waals surface area contributed by atoms with Crippen molar-refractivity contribution in [2.75, 3.05) is 13.7 Å². The van der Waals surface area contributed by atoms with Crippen LogP contribution in [0.2, 0.25) is 0 Å². The fourth-order valence-corrected chi connectivity index (χ4v) is 3.44. The van der Waals surface area contributed by atoms with E-state index in [4.69, 9.17) is 4.74 Å². The first kappa shape index (κ1) is 16.9. The molecule has 1 unspecified atom stereocenters. The number of nitrogens with zero attached hydrogens (tertiary/aromatic N) is 4. The van der Waals surface area contributed by atoms with Crippen LogP contribution in [0.5, 0.6) is 0 Å². The lowest BCUT2D eigenvalue weighted by Crippen LogP contribution is -2.25. The summed E-state index contributed by atoms with van der Waals surface area (Å²) >= 11 is 0. The van der Waals surface area contributed by atoms with Crippen molar-refractivity contribution >= 4 is 0 Å². The average molecular weight is 359 g/mol. The molecule has 1 aromatic carbocycles. The van der Waals surface area contributed by atoms with Gasteiger partial charge in [-0.2, -0.15) is 5.10 Å². The lowest BCUT2D eigenvalue weighted by atomic mass is 10.2. The minimum atomic E-state index is -0.645. The van der Waals surface area contributed by atoms with Crippen molar-refractivity contribution in [3.8, 4) is 5.69 Å². The highest BCUT2D eigenvalue weighted by Crippen LogP contribution is 2.32.